The molecule has 0 heterocycles. The molecule has 32 heavy (non-hydrogen) atoms. The molecule has 3 aromatic carbocycles. The quantitative estimate of drug-likeness (QED) is 0.413. The Kier molecular flexibility index (Phi) is 8.67. The van der Waals surface area contributed by atoms with Gasteiger partial charge in [-0.15, -0.1) is 0 Å². The maximum Gasteiger partial charge on any atom is 0.322 e. The molecule has 0 aliphatic carbocycles. The van der Waals surface area contributed by atoms with Crippen molar-refractivity contribution in [3.8, 4) is 17.6 Å². The topological polar surface area (TPSA) is 74.6 Å². The van der Waals surface area contributed by atoms with Gasteiger partial charge in [-0.25, -0.2) is 4.79 Å². The van der Waals surface area contributed by atoms with Gasteiger partial charge < -0.3 is 19.7 Å². The van der Waals surface area contributed by atoms with Crippen LogP contribution < -0.4 is 10.1 Å². The minimum atomic E-state index is -0.158. The third-order valence-electron chi connectivity index (χ3n) is 4.87. The number of carbonyl (C=O) groups excluding carboxylic acids is 1. The van der Waals surface area contributed by atoms with Gasteiger partial charge in [0.15, 0.2) is 0 Å². The average Bonchev–Trinajstić information content (AvgIpc) is 2.83. The monoisotopic (exact) mass is 429 g/mol. The van der Waals surface area contributed by atoms with Crippen molar-refractivity contribution in [3.63, 3.8) is 0 Å². The fourth-order valence-corrected chi connectivity index (χ4v) is 3.19. The molecule has 0 radical (unpaired) electrons. The van der Waals surface area contributed by atoms with E-state index in [1.165, 1.54) is 0 Å². The Bertz CT molecular complexity index is 1030. The summed E-state index contributed by atoms with van der Waals surface area (Å²) in [4.78, 5) is 14.8. The number of ether oxygens (including phenoxy) is 2. The Balaban J connectivity index is 1.63. The molecule has 0 spiro atoms. The zero-order valence-corrected chi connectivity index (χ0v) is 18.2. The highest BCUT2D eigenvalue weighted by molar-refractivity contribution is 5.89. The van der Waals surface area contributed by atoms with Crippen LogP contribution in [0.4, 0.5) is 10.5 Å². The van der Waals surface area contributed by atoms with E-state index in [0.29, 0.717) is 42.4 Å². The Morgan fingerprint density at radius 1 is 0.969 bits per heavy atom. The summed E-state index contributed by atoms with van der Waals surface area (Å²) < 4.78 is 10.9. The van der Waals surface area contributed by atoms with Crippen molar-refractivity contribution in [2.45, 2.75) is 19.4 Å². The van der Waals surface area contributed by atoms with E-state index in [4.69, 9.17) is 9.47 Å². The van der Waals surface area contributed by atoms with Crippen molar-refractivity contribution in [1.82, 2.24) is 4.90 Å². The highest BCUT2D eigenvalue weighted by Crippen LogP contribution is 2.26. The average molecular weight is 430 g/mol. The molecule has 0 saturated carbocycles. The van der Waals surface area contributed by atoms with Gasteiger partial charge >= 0.3 is 6.03 Å². The number of carbonyl (C=O) groups is 1. The van der Waals surface area contributed by atoms with Crippen LogP contribution in [0.1, 0.15) is 24.0 Å². The van der Waals surface area contributed by atoms with Crippen LogP contribution in [0.15, 0.2) is 78.9 Å². The van der Waals surface area contributed by atoms with E-state index >= 15 is 0 Å². The number of urea groups is 1. The molecule has 0 unspecified atom stereocenters. The molecule has 1 N–H and O–H groups in total. The van der Waals surface area contributed by atoms with Crippen LogP contribution >= 0.6 is 0 Å². The Hall–Kier alpha value is -3.82. The zero-order valence-electron chi connectivity index (χ0n) is 18.2. The second-order valence-electron chi connectivity index (χ2n) is 7.27. The maximum atomic E-state index is 13.0. The van der Waals surface area contributed by atoms with E-state index in [0.717, 1.165) is 18.4 Å². The summed E-state index contributed by atoms with van der Waals surface area (Å²) in [5.41, 5.74) is 2.22. The molecule has 0 fully saturated rings. The highest BCUT2D eigenvalue weighted by atomic mass is 16.5. The summed E-state index contributed by atoms with van der Waals surface area (Å²) in [5.74, 6) is 1.09. The SMILES string of the molecule is COCCCCN(Cc1ccccc1)C(=O)Nc1ccc(Oc2ccccc2C#N)cc1. The van der Waals surface area contributed by atoms with E-state index in [-0.39, 0.29) is 6.03 Å². The van der Waals surface area contributed by atoms with Gasteiger partial charge in [0.05, 0.1) is 5.56 Å². The molecule has 164 valence electrons. The molecule has 6 heteroatoms. The number of nitrogens with one attached hydrogen (secondary N) is 1. The van der Waals surface area contributed by atoms with Crippen molar-refractivity contribution in [1.29, 1.82) is 5.26 Å². The van der Waals surface area contributed by atoms with Gasteiger partial charge in [-0.3, -0.25) is 0 Å². The number of anilines is 1. The number of benzene rings is 3. The molecular formula is C26H27N3O3. The second kappa shape index (κ2) is 12.1. The van der Waals surface area contributed by atoms with Crippen molar-refractivity contribution in [2.75, 3.05) is 25.6 Å². The van der Waals surface area contributed by atoms with Gasteiger partial charge in [0, 0.05) is 32.5 Å². The van der Waals surface area contributed by atoms with E-state index in [2.05, 4.69) is 11.4 Å². The molecule has 3 aromatic rings. The normalized spacial score (nSPS) is 10.2. The van der Waals surface area contributed by atoms with Gasteiger partial charge in [-0.05, 0) is 54.8 Å². The van der Waals surface area contributed by atoms with Crippen LogP contribution in [-0.2, 0) is 11.3 Å². The Morgan fingerprint density at radius 3 is 2.41 bits per heavy atom. The van der Waals surface area contributed by atoms with Gasteiger partial charge in [0.2, 0.25) is 0 Å². The number of methoxy groups -OCH3 is 1. The van der Waals surface area contributed by atoms with Crippen LogP contribution in [0.25, 0.3) is 0 Å². The Labute approximate surface area is 189 Å². The number of hydrogen-bond acceptors (Lipinski definition) is 4. The lowest BCUT2D eigenvalue weighted by molar-refractivity contribution is 0.182. The fraction of sp³-hybridized carbons (Fsp3) is 0.231. The molecular weight excluding hydrogens is 402 g/mol. The van der Waals surface area contributed by atoms with Crippen LogP contribution in [0.2, 0.25) is 0 Å². The molecule has 0 atom stereocenters. The number of nitrogens with zero attached hydrogens (tertiary/aromatic N) is 2. The molecule has 3 rings (SSSR count). The first-order valence-corrected chi connectivity index (χ1v) is 10.6. The van der Waals surface area contributed by atoms with Gasteiger partial charge in [0.1, 0.15) is 17.6 Å². The van der Waals surface area contributed by atoms with E-state index < -0.39 is 0 Å². The molecule has 0 bridgehead atoms. The first kappa shape index (κ1) is 22.9. The third kappa shape index (κ3) is 6.86. The number of nitriles is 1. The number of para-hydroxylation sites is 1. The van der Waals surface area contributed by atoms with Gasteiger partial charge in [-0.2, -0.15) is 5.26 Å². The summed E-state index contributed by atoms with van der Waals surface area (Å²) in [6.07, 6.45) is 1.75. The van der Waals surface area contributed by atoms with E-state index in [1.807, 2.05) is 36.4 Å². The van der Waals surface area contributed by atoms with Gasteiger partial charge in [0.25, 0.3) is 0 Å². The lowest BCUT2D eigenvalue weighted by Crippen LogP contribution is -2.35. The third-order valence-corrected chi connectivity index (χ3v) is 4.87. The molecule has 0 aromatic heterocycles. The number of rotatable bonds is 10. The van der Waals surface area contributed by atoms with Crippen LogP contribution in [0, 0.1) is 11.3 Å². The van der Waals surface area contributed by atoms with Crippen molar-refractivity contribution in [3.05, 3.63) is 90.0 Å². The number of amides is 2. The molecule has 0 aliphatic rings. The lowest BCUT2D eigenvalue weighted by Gasteiger charge is -2.23. The summed E-state index contributed by atoms with van der Waals surface area (Å²) in [5, 5.41) is 12.2. The van der Waals surface area contributed by atoms with Crippen molar-refractivity contribution in [2.24, 2.45) is 0 Å². The second-order valence-corrected chi connectivity index (χ2v) is 7.27. The van der Waals surface area contributed by atoms with Gasteiger partial charge in [-0.1, -0.05) is 42.5 Å². The van der Waals surface area contributed by atoms with Crippen LogP contribution in [0.3, 0.4) is 0 Å². The molecule has 2 amide bonds. The molecule has 0 saturated heterocycles. The van der Waals surface area contributed by atoms with Crippen LogP contribution in [-0.4, -0.2) is 31.2 Å². The number of hydrogen-bond donors (Lipinski definition) is 1. The summed E-state index contributed by atoms with van der Waals surface area (Å²) in [7, 11) is 1.68. The minimum Gasteiger partial charge on any atom is -0.456 e. The Morgan fingerprint density at radius 2 is 1.69 bits per heavy atom. The first-order chi connectivity index (χ1) is 15.7. The fourth-order valence-electron chi connectivity index (χ4n) is 3.19. The summed E-state index contributed by atoms with van der Waals surface area (Å²) in [6.45, 7) is 1.85. The van der Waals surface area contributed by atoms with Crippen LogP contribution in [0.5, 0.6) is 11.5 Å². The predicted molar refractivity (Wildman–Crippen MR) is 125 cm³/mol. The predicted octanol–water partition coefficient (Wildman–Crippen LogP) is 5.81. The minimum absolute atomic E-state index is 0.158. The smallest absolute Gasteiger partial charge is 0.322 e. The molecule has 0 aliphatic heterocycles. The largest absolute Gasteiger partial charge is 0.456 e. The highest BCUT2D eigenvalue weighted by Gasteiger charge is 2.14. The zero-order chi connectivity index (χ0) is 22.6. The van der Waals surface area contributed by atoms with Crippen molar-refractivity contribution >= 4 is 11.7 Å². The lowest BCUT2D eigenvalue weighted by atomic mass is 10.2. The first-order valence-electron chi connectivity index (χ1n) is 10.6. The van der Waals surface area contributed by atoms with E-state index in [1.54, 1.807) is 54.5 Å². The summed E-state index contributed by atoms with van der Waals surface area (Å²) >= 11 is 0. The summed E-state index contributed by atoms with van der Waals surface area (Å²) in [6, 6.07) is 26.1. The number of unbranched alkanes of at least 4 members (excludes halogenated alkanes) is 1. The van der Waals surface area contributed by atoms with Crippen molar-refractivity contribution < 1.29 is 14.3 Å². The molecule has 6 nitrogen and oxygen atoms in total. The van der Waals surface area contributed by atoms with E-state index in [9.17, 15) is 10.1 Å². The maximum absolute atomic E-state index is 13.0. The standard InChI is InChI=1S/C26H27N3O3/c1-31-18-8-7-17-29(20-21-9-3-2-4-10-21)26(30)28-23-13-15-24(16-14-23)32-25-12-6-5-11-22(25)19-27/h2-6,9-16H,7-8,17-18,20H2,1H3,(H,28,30).